The highest BCUT2D eigenvalue weighted by Gasteiger charge is 2.36. The van der Waals surface area contributed by atoms with Crippen LogP contribution in [0.2, 0.25) is 0 Å². The second kappa shape index (κ2) is 7.27. The first-order chi connectivity index (χ1) is 12.3. The molecular weight excluding hydrogens is 314 g/mol. The number of amides is 2. The van der Waals surface area contributed by atoms with E-state index in [0.29, 0.717) is 12.6 Å². The fourth-order valence-corrected chi connectivity index (χ4v) is 3.99. The maximum Gasteiger partial charge on any atom is 0.315 e. The molecule has 2 aliphatic heterocycles. The van der Waals surface area contributed by atoms with Crippen LogP contribution in [0.25, 0.3) is 5.69 Å². The van der Waals surface area contributed by atoms with Crippen molar-refractivity contribution in [3.63, 3.8) is 0 Å². The standard InChI is InChI=1S/C19H25N5O/c25-19(22-17-9-11-23-10-5-4-8-18(17)23)20-12-15-13-21-24(14-15)16-6-2-1-3-7-16/h1-3,6-7,13-14,17-18H,4-5,8-12H2,(H2,20,22,25)/t17-,18+/m0/s1. The molecule has 0 saturated carbocycles. The first kappa shape index (κ1) is 16.1. The predicted molar refractivity (Wildman–Crippen MR) is 96.6 cm³/mol. The number of fused-ring (bicyclic) bond motifs is 1. The minimum Gasteiger partial charge on any atom is -0.334 e. The van der Waals surface area contributed by atoms with E-state index >= 15 is 0 Å². The Bertz CT molecular complexity index is 714. The van der Waals surface area contributed by atoms with Gasteiger partial charge in [-0.15, -0.1) is 0 Å². The van der Waals surface area contributed by atoms with Crippen molar-refractivity contribution >= 4 is 6.03 Å². The molecule has 6 heteroatoms. The number of rotatable bonds is 4. The average Bonchev–Trinajstić information content (AvgIpc) is 3.28. The van der Waals surface area contributed by atoms with Crippen molar-refractivity contribution in [2.75, 3.05) is 13.1 Å². The van der Waals surface area contributed by atoms with E-state index in [1.807, 2.05) is 41.2 Å². The third-order valence-corrected chi connectivity index (χ3v) is 5.28. The van der Waals surface area contributed by atoms with Crippen LogP contribution in [0.1, 0.15) is 31.2 Å². The maximum absolute atomic E-state index is 12.3. The number of nitrogens with one attached hydrogen (secondary N) is 2. The first-order valence-corrected chi connectivity index (χ1v) is 9.17. The molecule has 2 aromatic rings. The van der Waals surface area contributed by atoms with E-state index in [2.05, 4.69) is 20.6 Å². The Labute approximate surface area is 148 Å². The van der Waals surface area contributed by atoms with Crippen LogP contribution in [0.3, 0.4) is 0 Å². The highest BCUT2D eigenvalue weighted by atomic mass is 16.2. The molecule has 2 atom stereocenters. The largest absolute Gasteiger partial charge is 0.334 e. The summed E-state index contributed by atoms with van der Waals surface area (Å²) < 4.78 is 1.83. The van der Waals surface area contributed by atoms with Gasteiger partial charge in [0.2, 0.25) is 0 Å². The van der Waals surface area contributed by atoms with Crippen LogP contribution < -0.4 is 10.6 Å². The lowest BCUT2D eigenvalue weighted by molar-refractivity contribution is 0.179. The number of urea groups is 1. The summed E-state index contributed by atoms with van der Waals surface area (Å²) in [4.78, 5) is 14.8. The highest BCUT2D eigenvalue weighted by Crippen LogP contribution is 2.27. The topological polar surface area (TPSA) is 62.2 Å². The molecule has 132 valence electrons. The molecule has 4 rings (SSSR count). The Morgan fingerprint density at radius 1 is 1.16 bits per heavy atom. The van der Waals surface area contributed by atoms with Gasteiger partial charge in [-0.05, 0) is 37.9 Å². The van der Waals surface area contributed by atoms with Crippen LogP contribution in [0.15, 0.2) is 42.7 Å². The van der Waals surface area contributed by atoms with Gasteiger partial charge in [0.1, 0.15) is 0 Å². The van der Waals surface area contributed by atoms with Crippen molar-refractivity contribution in [1.29, 1.82) is 0 Å². The second-order valence-electron chi connectivity index (χ2n) is 6.95. The molecule has 0 bridgehead atoms. The zero-order valence-corrected chi connectivity index (χ0v) is 14.4. The second-order valence-corrected chi connectivity index (χ2v) is 6.95. The lowest BCUT2D eigenvalue weighted by atomic mass is 9.99. The monoisotopic (exact) mass is 339 g/mol. The summed E-state index contributed by atoms with van der Waals surface area (Å²) in [6.07, 6.45) is 8.58. The smallest absolute Gasteiger partial charge is 0.315 e. The zero-order valence-electron chi connectivity index (χ0n) is 14.4. The minimum atomic E-state index is -0.0788. The summed E-state index contributed by atoms with van der Waals surface area (Å²) in [5.74, 6) is 0. The van der Waals surface area contributed by atoms with E-state index < -0.39 is 0 Å². The number of piperidine rings is 1. The van der Waals surface area contributed by atoms with Crippen LogP contribution in [0, 0.1) is 0 Å². The van der Waals surface area contributed by atoms with E-state index in [4.69, 9.17) is 0 Å². The number of benzene rings is 1. The summed E-state index contributed by atoms with van der Waals surface area (Å²) >= 11 is 0. The number of aromatic nitrogens is 2. The van der Waals surface area contributed by atoms with Gasteiger partial charge in [0, 0.05) is 36.9 Å². The van der Waals surface area contributed by atoms with E-state index in [9.17, 15) is 4.79 Å². The van der Waals surface area contributed by atoms with Gasteiger partial charge in [-0.25, -0.2) is 9.48 Å². The maximum atomic E-state index is 12.3. The molecule has 0 aliphatic carbocycles. The van der Waals surface area contributed by atoms with E-state index in [1.165, 1.54) is 25.8 Å². The molecule has 0 radical (unpaired) electrons. The molecule has 2 saturated heterocycles. The van der Waals surface area contributed by atoms with Gasteiger partial charge in [0.05, 0.1) is 11.9 Å². The van der Waals surface area contributed by atoms with Crippen molar-refractivity contribution in [3.8, 4) is 5.69 Å². The Balaban J connectivity index is 1.28. The van der Waals surface area contributed by atoms with Crippen molar-refractivity contribution in [2.45, 2.75) is 44.3 Å². The molecule has 1 aromatic carbocycles. The third kappa shape index (κ3) is 3.69. The number of nitrogens with zero attached hydrogens (tertiary/aromatic N) is 3. The van der Waals surface area contributed by atoms with Gasteiger partial charge in [-0.1, -0.05) is 24.6 Å². The summed E-state index contributed by atoms with van der Waals surface area (Å²) in [6, 6.07) is 10.7. The van der Waals surface area contributed by atoms with Gasteiger partial charge in [-0.2, -0.15) is 5.10 Å². The molecule has 2 amide bonds. The number of carbonyl (C=O) groups excluding carboxylic acids is 1. The molecule has 2 aliphatic rings. The Kier molecular flexibility index (Phi) is 4.70. The van der Waals surface area contributed by atoms with Crippen molar-refractivity contribution < 1.29 is 4.79 Å². The summed E-state index contributed by atoms with van der Waals surface area (Å²) in [5, 5.41) is 10.5. The van der Waals surface area contributed by atoms with Crippen molar-refractivity contribution in [1.82, 2.24) is 25.3 Å². The molecular formula is C19H25N5O. The van der Waals surface area contributed by atoms with Gasteiger partial charge < -0.3 is 10.6 Å². The number of hydrogen-bond donors (Lipinski definition) is 2. The molecule has 1 aromatic heterocycles. The fraction of sp³-hybridized carbons (Fsp3) is 0.474. The first-order valence-electron chi connectivity index (χ1n) is 9.17. The average molecular weight is 339 g/mol. The van der Waals surface area contributed by atoms with Gasteiger partial charge in [-0.3, -0.25) is 4.90 Å². The molecule has 0 unspecified atom stereocenters. The van der Waals surface area contributed by atoms with E-state index in [1.54, 1.807) is 6.20 Å². The van der Waals surface area contributed by atoms with Crippen LogP contribution in [0.5, 0.6) is 0 Å². The van der Waals surface area contributed by atoms with Crippen molar-refractivity contribution in [3.05, 3.63) is 48.3 Å². The predicted octanol–water partition coefficient (Wildman–Crippen LogP) is 2.30. The summed E-state index contributed by atoms with van der Waals surface area (Å²) in [6.45, 7) is 2.78. The zero-order chi connectivity index (χ0) is 17.1. The van der Waals surface area contributed by atoms with Crippen LogP contribution in [0.4, 0.5) is 4.79 Å². The van der Waals surface area contributed by atoms with Crippen LogP contribution in [-0.4, -0.2) is 45.9 Å². The molecule has 6 nitrogen and oxygen atoms in total. The lowest BCUT2D eigenvalue weighted by Gasteiger charge is -2.32. The van der Waals surface area contributed by atoms with Gasteiger partial charge in [0.25, 0.3) is 0 Å². The van der Waals surface area contributed by atoms with Crippen LogP contribution >= 0.6 is 0 Å². The van der Waals surface area contributed by atoms with Gasteiger partial charge >= 0.3 is 6.03 Å². The number of para-hydroxylation sites is 1. The molecule has 0 spiro atoms. The highest BCUT2D eigenvalue weighted by molar-refractivity contribution is 5.74. The van der Waals surface area contributed by atoms with E-state index in [-0.39, 0.29) is 12.1 Å². The SMILES string of the molecule is O=C(NCc1cnn(-c2ccccc2)c1)N[C@H]1CCN2CCCC[C@H]12. The molecule has 3 heterocycles. The molecule has 25 heavy (non-hydrogen) atoms. The number of carbonyl (C=O) groups is 1. The normalized spacial score (nSPS) is 23.2. The lowest BCUT2D eigenvalue weighted by Crippen LogP contribution is -2.49. The van der Waals surface area contributed by atoms with Crippen molar-refractivity contribution in [2.24, 2.45) is 0 Å². The fourth-order valence-electron chi connectivity index (χ4n) is 3.99. The quantitative estimate of drug-likeness (QED) is 0.898. The summed E-state index contributed by atoms with van der Waals surface area (Å²) in [7, 11) is 0. The molecule has 2 fully saturated rings. The number of hydrogen-bond acceptors (Lipinski definition) is 3. The Morgan fingerprint density at radius 2 is 2.04 bits per heavy atom. The minimum absolute atomic E-state index is 0.0788. The Hall–Kier alpha value is -2.34. The Morgan fingerprint density at radius 3 is 2.92 bits per heavy atom. The molecule has 2 N–H and O–H groups in total. The van der Waals surface area contributed by atoms with E-state index in [0.717, 1.165) is 24.2 Å². The summed E-state index contributed by atoms with van der Waals surface area (Å²) in [5.41, 5.74) is 2.01. The van der Waals surface area contributed by atoms with Gasteiger partial charge in [0.15, 0.2) is 0 Å². The van der Waals surface area contributed by atoms with Crippen LogP contribution in [-0.2, 0) is 6.54 Å². The third-order valence-electron chi connectivity index (χ3n) is 5.28.